The zero-order valence-electron chi connectivity index (χ0n) is 11.6. The molecule has 2 fully saturated rings. The highest BCUT2D eigenvalue weighted by Gasteiger charge is 2.52. The van der Waals surface area contributed by atoms with Gasteiger partial charge in [0.05, 0.1) is 6.10 Å². The first kappa shape index (κ1) is 13.6. The SMILES string of the molecule is C[C@H](c1ccccc1)N1C2CC(CCC2O)C1C(=O)O. The number of aliphatic carboxylic acids is 1. The van der Waals surface area contributed by atoms with Crippen molar-refractivity contribution in [2.75, 3.05) is 0 Å². The Kier molecular flexibility index (Phi) is 3.52. The molecule has 0 amide bonds. The van der Waals surface area contributed by atoms with Crippen LogP contribution >= 0.6 is 0 Å². The third-order valence-corrected chi connectivity index (χ3v) is 4.95. The number of likely N-dealkylation sites (tertiary alicyclic amines) is 1. The van der Waals surface area contributed by atoms with Gasteiger partial charge in [0.15, 0.2) is 0 Å². The highest BCUT2D eigenvalue weighted by molar-refractivity contribution is 5.74. The molecule has 1 heterocycles. The molecule has 1 saturated carbocycles. The maximum Gasteiger partial charge on any atom is 0.321 e. The van der Waals surface area contributed by atoms with Gasteiger partial charge in [-0.2, -0.15) is 0 Å². The van der Waals surface area contributed by atoms with E-state index in [1.807, 2.05) is 42.2 Å². The van der Waals surface area contributed by atoms with Crippen LogP contribution in [0.1, 0.15) is 37.8 Å². The van der Waals surface area contributed by atoms with Gasteiger partial charge in [-0.25, -0.2) is 0 Å². The highest BCUT2D eigenvalue weighted by atomic mass is 16.4. The van der Waals surface area contributed by atoms with Crippen molar-refractivity contribution in [1.82, 2.24) is 4.90 Å². The molecule has 4 unspecified atom stereocenters. The first-order valence-electron chi connectivity index (χ1n) is 7.33. The Bertz CT molecular complexity index is 490. The highest BCUT2D eigenvalue weighted by Crippen LogP contribution is 2.44. The predicted octanol–water partition coefficient (Wildman–Crippen LogP) is 2.05. The average molecular weight is 275 g/mol. The second-order valence-electron chi connectivity index (χ2n) is 6.02. The first-order valence-corrected chi connectivity index (χ1v) is 7.33. The van der Waals surface area contributed by atoms with Crippen LogP contribution in [0.3, 0.4) is 0 Å². The molecule has 1 aromatic carbocycles. The summed E-state index contributed by atoms with van der Waals surface area (Å²) in [6.07, 6.45) is 1.93. The quantitative estimate of drug-likeness (QED) is 0.886. The zero-order chi connectivity index (χ0) is 14.3. The van der Waals surface area contributed by atoms with Crippen LogP contribution < -0.4 is 0 Å². The number of aliphatic hydroxyl groups is 1. The number of hydrogen-bond acceptors (Lipinski definition) is 3. The third kappa shape index (κ3) is 2.13. The number of carboxylic acids is 1. The molecule has 1 aliphatic carbocycles. The summed E-state index contributed by atoms with van der Waals surface area (Å²) >= 11 is 0. The maximum atomic E-state index is 11.7. The van der Waals surface area contributed by atoms with Gasteiger partial charge in [0.25, 0.3) is 0 Å². The van der Waals surface area contributed by atoms with Crippen molar-refractivity contribution in [2.24, 2.45) is 5.92 Å². The lowest BCUT2D eigenvalue weighted by molar-refractivity contribution is -0.145. The summed E-state index contributed by atoms with van der Waals surface area (Å²) in [6, 6.07) is 9.48. The van der Waals surface area contributed by atoms with E-state index >= 15 is 0 Å². The van der Waals surface area contributed by atoms with E-state index in [0.717, 1.165) is 24.8 Å². The Morgan fingerprint density at radius 2 is 2.00 bits per heavy atom. The summed E-state index contributed by atoms with van der Waals surface area (Å²) in [4.78, 5) is 13.7. The van der Waals surface area contributed by atoms with Crippen molar-refractivity contribution in [3.63, 3.8) is 0 Å². The van der Waals surface area contributed by atoms with E-state index in [1.54, 1.807) is 0 Å². The molecule has 3 rings (SSSR count). The Hall–Kier alpha value is -1.39. The lowest BCUT2D eigenvalue weighted by Crippen LogP contribution is -2.46. The minimum Gasteiger partial charge on any atom is -0.480 e. The molecule has 0 spiro atoms. The average Bonchev–Trinajstić information content (AvgIpc) is 2.78. The van der Waals surface area contributed by atoms with Gasteiger partial charge in [-0.1, -0.05) is 30.3 Å². The van der Waals surface area contributed by atoms with Gasteiger partial charge in [-0.3, -0.25) is 9.69 Å². The smallest absolute Gasteiger partial charge is 0.321 e. The maximum absolute atomic E-state index is 11.7. The summed E-state index contributed by atoms with van der Waals surface area (Å²) in [7, 11) is 0. The molecular formula is C16H21NO3. The number of carbonyl (C=O) groups is 1. The van der Waals surface area contributed by atoms with Gasteiger partial charge in [-0.05, 0) is 37.7 Å². The fourth-order valence-electron chi connectivity index (χ4n) is 3.98. The van der Waals surface area contributed by atoms with Crippen molar-refractivity contribution in [2.45, 2.75) is 50.4 Å². The lowest BCUT2D eigenvalue weighted by atomic mass is 9.85. The van der Waals surface area contributed by atoms with Crippen LogP contribution in [-0.4, -0.2) is 39.3 Å². The van der Waals surface area contributed by atoms with Gasteiger partial charge in [0.2, 0.25) is 0 Å². The zero-order valence-corrected chi connectivity index (χ0v) is 11.6. The fourth-order valence-corrected chi connectivity index (χ4v) is 3.98. The molecule has 1 aliphatic heterocycles. The molecule has 0 radical (unpaired) electrons. The number of fused-ring (bicyclic) bond motifs is 2. The van der Waals surface area contributed by atoms with E-state index in [0.29, 0.717) is 0 Å². The van der Waals surface area contributed by atoms with E-state index < -0.39 is 18.1 Å². The minimum absolute atomic E-state index is 0.0139. The van der Waals surface area contributed by atoms with Crippen LogP contribution in [0.2, 0.25) is 0 Å². The number of nitrogens with zero attached hydrogens (tertiary/aromatic N) is 1. The predicted molar refractivity (Wildman–Crippen MR) is 75.3 cm³/mol. The summed E-state index contributed by atoms with van der Waals surface area (Å²) in [5.41, 5.74) is 1.11. The molecule has 1 aromatic rings. The van der Waals surface area contributed by atoms with Crippen LogP contribution in [0.4, 0.5) is 0 Å². The Labute approximate surface area is 119 Å². The normalized spacial score (nSPS) is 34.9. The van der Waals surface area contributed by atoms with Crippen molar-refractivity contribution < 1.29 is 15.0 Å². The van der Waals surface area contributed by atoms with Crippen molar-refractivity contribution in [3.05, 3.63) is 35.9 Å². The van der Waals surface area contributed by atoms with Crippen LogP contribution in [0.15, 0.2) is 30.3 Å². The molecule has 2 bridgehead atoms. The summed E-state index contributed by atoms with van der Waals surface area (Å²) in [6.45, 7) is 2.04. The van der Waals surface area contributed by atoms with Crippen molar-refractivity contribution in [1.29, 1.82) is 0 Å². The molecule has 5 atom stereocenters. The Morgan fingerprint density at radius 3 is 2.65 bits per heavy atom. The molecule has 2 aliphatic rings. The second kappa shape index (κ2) is 5.19. The summed E-state index contributed by atoms with van der Waals surface area (Å²) < 4.78 is 0. The summed E-state index contributed by atoms with van der Waals surface area (Å²) in [5.74, 6) is -0.582. The van der Waals surface area contributed by atoms with Gasteiger partial charge in [0, 0.05) is 12.1 Å². The van der Waals surface area contributed by atoms with Gasteiger partial charge in [-0.15, -0.1) is 0 Å². The fraction of sp³-hybridized carbons (Fsp3) is 0.562. The molecule has 1 saturated heterocycles. The Balaban J connectivity index is 1.94. The van der Waals surface area contributed by atoms with Crippen LogP contribution in [-0.2, 0) is 4.79 Å². The molecule has 20 heavy (non-hydrogen) atoms. The van der Waals surface area contributed by atoms with E-state index in [-0.39, 0.29) is 18.0 Å². The van der Waals surface area contributed by atoms with Crippen molar-refractivity contribution in [3.8, 4) is 0 Å². The number of carboxylic acid groups (broad SMARTS) is 1. The van der Waals surface area contributed by atoms with E-state index in [4.69, 9.17) is 0 Å². The van der Waals surface area contributed by atoms with E-state index in [2.05, 4.69) is 0 Å². The second-order valence-corrected chi connectivity index (χ2v) is 6.02. The molecular weight excluding hydrogens is 254 g/mol. The standard InChI is InChI=1S/C16H21NO3/c1-10(11-5-3-2-4-6-11)17-13-9-12(7-8-14(13)18)15(17)16(19)20/h2-6,10,12-15,18H,7-9H2,1H3,(H,19,20)/t10-,12?,13?,14?,15?/m1/s1. The van der Waals surface area contributed by atoms with Gasteiger partial charge >= 0.3 is 5.97 Å². The molecule has 4 heteroatoms. The lowest BCUT2D eigenvalue weighted by Gasteiger charge is -2.35. The molecule has 108 valence electrons. The monoisotopic (exact) mass is 275 g/mol. The van der Waals surface area contributed by atoms with Crippen LogP contribution in [0.5, 0.6) is 0 Å². The third-order valence-electron chi connectivity index (χ3n) is 4.95. The summed E-state index contributed by atoms with van der Waals surface area (Å²) in [5, 5.41) is 19.8. The Morgan fingerprint density at radius 1 is 1.30 bits per heavy atom. The van der Waals surface area contributed by atoms with Crippen LogP contribution in [0, 0.1) is 5.92 Å². The van der Waals surface area contributed by atoms with E-state index in [1.165, 1.54) is 0 Å². The largest absolute Gasteiger partial charge is 0.480 e. The van der Waals surface area contributed by atoms with E-state index in [9.17, 15) is 15.0 Å². The molecule has 2 N–H and O–H groups in total. The topological polar surface area (TPSA) is 60.8 Å². The van der Waals surface area contributed by atoms with Crippen LogP contribution in [0.25, 0.3) is 0 Å². The van der Waals surface area contributed by atoms with Gasteiger partial charge < -0.3 is 10.2 Å². The number of hydrogen-bond donors (Lipinski definition) is 2. The molecule has 0 aromatic heterocycles. The van der Waals surface area contributed by atoms with Gasteiger partial charge in [0.1, 0.15) is 6.04 Å². The first-order chi connectivity index (χ1) is 9.59. The minimum atomic E-state index is -0.755. The number of aliphatic hydroxyl groups excluding tert-OH is 1. The number of benzene rings is 1. The van der Waals surface area contributed by atoms with Crippen molar-refractivity contribution >= 4 is 5.97 Å². The number of rotatable bonds is 3. The molecule has 4 nitrogen and oxygen atoms in total.